The zero-order valence-electron chi connectivity index (χ0n) is 7.88. The van der Waals surface area contributed by atoms with Crippen LogP contribution in [-0.4, -0.2) is 41.9 Å². The van der Waals surface area contributed by atoms with E-state index in [1.807, 2.05) is 0 Å². The Morgan fingerprint density at radius 2 is 2.07 bits per heavy atom. The van der Waals surface area contributed by atoms with Crippen molar-refractivity contribution in [3.63, 3.8) is 0 Å². The molecule has 0 radical (unpaired) electrons. The molecule has 6 heteroatoms. The lowest BCUT2D eigenvalue weighted by Gasteiger charge is -2.23. The molecule has 0 aliphatic rings. The molecular formula is C8H13F3N2O. The second kappa shape index (κ2) is 5.83. The zero-order chi connectivity index (χ0) is 11.2. The van der Waals surface area contributed by atoms with Crippen molar-refractivity contribution >= 4 is 0 Å². The summed E-state index contributed by atoms with van der Waals surface area (Å²) in [6.45, 7) is 1.54. The summed E-state index contributed by atoms with van der Waals surface area (Å²) in [5, 5.41) is 17.1. The Balaban J connectivity index is 4.09. The minimum absolute atomic E-state index is 0.0963. The molecule has 0 amide bonds. The normalized spacial score (nSPS) is 14.1. The molecule has 1 N–H and O–H groups in total. The van der Waals surface area contributed by atoms with Crippen molar-refractivity contribution in [3.8, 4) is 6.07 Å². The van der Waals surface area contributed by atoms with Crippen LogP contribution in [0.3, 0.4) is 0 Å². The lowest BCUT2D eigenvalue weighted by molar-refractivity contribution is -0.207. The topological polar surface area (TPSA) is 47.3 Å². The Morgan fingerprint density at radius 3 is 2.43 bits per heavy atom. The minimum atomic E-state index is -4.61. The maximum atomic E-state index is 11.9. The molecule has 0 saturated heterocycles. The number of aliphatic hydroxyl groups excluding tert-OH is 1. The van der Waals surface area contributed by atoms with E-state index in [9.17, 15) is 13.2 Å². The molecule has 1 unspecified atom stereocenters. The van der Waals surface area contributed by atoms with Gasteiger partial charge in [-0.15, -0.1) is 0 Å². The van der Waals surface area contributed by atoms with E-state index in [2.05, 4.69) is 0 Å². The average Bonchev–Trinajstić information content (AvgIpc) is 2.03. The van der Waals surface area contributed by atoms with Gasteiger partial charge in [-0.1, -0.05) is 6.92 Å². The van der Waals surface area contributed by atoms with E-state index in [1.165, 1.54) is 4.90 Å². The van der Waals surface area contributed by atoms with E-state index in [-0.39, 0.29) is 6.54 Å². The first-order valence-electron chi connectivity index (χ1n) is 4.26. The highest BCUT2D eigenvalue weighted by atomic mass is 19.4. The van der Waals surface area contributed by atoms with Gasteiger partial charge in [0.25, 0.3) is 0 Å². The smallest absolute Gasteiger partial charge is 0.382 e. The molecule has 3 nitrogen and oxygen atoms in total. The number of hydrogen-bond acceptors (Lipinski definition) is 3. The molecule has 14 heavy (non-hydrogen) atoms. The van der Waals surface area contributed by atoms with E-state index in [4.69, 9.17) is 10.4 Å². The fourth-order valence-corrected chi connectivity index (χ4v) is 0.999. The van der Waals surface area contributed by atoms with Gasteiger partial charge in [-0.05, 0) is 13.0 Å². The molecule has 0 bridgehead atoms. The third-order valence-corrected chi connectivity index (χ3v) is 1.64. The number of rotatable bonds is 5. The average molecular weight is 210 g/mol. The third kappa shape index (κ3) is 5.04. The second-order valence-electron chi connectivity index (χ2n) is 2.95. The van der Waals surface area contributed by atoms with Gasteiger partial charge in [-0.3, -0.25) is 4.90 Å². The first kappa shape index (κ1) is 13.2. The van der Waals surface area contributed by atoms with Crippen molar-refractivity contribution in [2.24, 2.45) is 0 Å². The van der Waals surface area contributed by atoms with Gasteiger partial charge in [0.15, 0.2) is 6.10 Å². The van der Waals surface area contributed by atoms with E-state index < -0.39 is 18.8 Å². The molecule has 0 saturated carbocycles. The van der Waals surface area contributed by atoms with Crippen LogP contribution in [0.15, 0.2) is 0 Å². The Morgan fingerprint density at radius 1 is 1.50 bits per heavy atom. The molecule has 1 atom stereocenters. The summed E-state index contributed by atoms with van der Waals surface area (Å²) in [4.78, 5) is 1.28. The summed E-state index contributed by atoms with van der Waals surface area (Å²) >= 11 is 0. The number of hydrogen-bond donors (Lipinski definition) is 1. The van der Waals surface area contributed by atoms with E-state index in [0.29, 0.717) is 13.0 Å². The molecule has 0 spiro atoms. The Kier molecular flexibility index (Phi) is 5.50. The molecule has 0 rings (SSSR count). The van der Waals surface area contributed by atoms with Gasteiger partial charge in [-0.2, -0.15) is 18.4 Å². The summed E-state index contributed by atoms with van der Waals surface area (Å²) in [5.74, 6) is 0. The van der Waals surface area contributed by atoms with E-state index in [1.54, 1.807) is 13.0 Å². The zero-order valence-corrected chi connectivity index (χ0v) is 7.88. The monoisotopic (exact) mass is 210 g/mol. The van der Waals surface area contributed by atoms with Gasteiger partial charge in [0, 0.05) is 6.54 Å². The summed E-state index contributed by atoms with van der Waals surface area (Å²) in [6, 6.07) is 1.76. The Labute approximate surface area is 80.7 Å². The molecular weight excluding hydrogens is 197 g/mol. The number of aliphatic hydroxyl groups is 1. The van der Waals surface area contributed by atoms with Gasteiger partial charge in [0.05, 0.1) is 12.6 Å². The lowest BCUT2D eigenvalue weighted by Crippen LogP contribution is -2.41. The highest BCUT2D eigenvalue weighted by Crippen LogP contribution is 2.20. The van der Waals surface area contributed by atoms with Crippen LogP contribution in [-0.2, 0) is 0 Å². The Hall–Kier alpha value is -0.800. The maximum Gasteiger partial charge on any atom is 0.415 e. The largest absolute Gasteiger partial charge is 0.415 e. The van der Waals surface area contributed by atoms with Crippen LogP contribution >= 0.6 is 0 Å². The van der Waals surface area contributed by atoms with Crippen LogP contribution in [0.4, 0.5) is 13.2 Å². The second-order valence-corrected chi connectivity index (χ2v) is 2.95. The van der Waals surface area contributed by atoms with Crippen LogP contribution in [0.25, 0.3) is 0 Å². The van der Waals surface area contributed by atoms with Crippen molar-refractivity contribution in [2.45, 2.75) is 25.6 Å². The summed E-state index contributed by atoms with van der Waals surface area (Å²) < 4.78 is 35.8. The van der Waals surface area contributed by atoms with Gasteiger partial charge in [0.2, 0.25) is 0 Å². The molecule has 0 fully saturated rings. The minimum Gasteiger partial charge on any atom is -0.382 e. The van der Waals surface area contributed by atoms with Gasteiger partial charge in [0.1, 0.15) is 0 Å². The number of alkyl halides is 3. The highest BCUT2D eigenvalue weighted by molar-refractivity contribution is 4.79. The van der Waals surface area contributed by atoms with Gasteiger partial charge >= 0.3 is 6.18 Å². The number of nitrogens with zero attached hydrogens (tertiary/aromatic N) is 2. The van der Waals surface area contributed by atoms with Crippen LogP contribution in [0.5, 0.6) is 0 Å². The Bertz CT molecular complexity index is 200. The third-order valence-electron chi connectivity index (χ3n) is 1.64. The predicted molar refractivity (Wildman–Crippen MR) is 44.4 cm³/mol. The van der Waals surface area contributed by atoms with E-state index in [0.717, 1.165) is 0 Å². The molecule has 0 aromatic carbocycles. The lowest BCUT2D eigenvalue weighted by atomic mass is 10.3. The molecule has 0 aliphatic carbocycles. The van der Waals surface area contributed by atoms with Crippen LogP contribution < -0.4 is 0 Å². The fraction of sp³-hybridized carbons (Fsp3) is 0.875. The number of nitriles is 1. The van der Waals surface area contributed by atoms with Crippen LogP contribution in [0, 0.1) is 11.3 Å². The summed E-state index contributed by atoms with van der Waals surface area (Å²) in [6.07, 6.45) is -6.34. The van der Waals surface area contributed by atoms with Gasteiger partial charge in [-0.25, -0.2) is 0 Å². The first-order valence-corrected chi connectivity index (χ1v) is 4.26. The van der Waals surface area contributed by atoms with Crippen molar-refractivity contribution in [2.75, 3.05) is 19.6 Å². The van der Waals surface area contributed by atoms with Crippen LogP contribution in [0.2, 0.25) is 0 Å². The molecule has 0 aliphatic heterocycles. The molecule has 0 heterocycles. The van der Waals surface area contributed by atoms with Gasteiger partial charge < -0.3 is 5.11 Å². The molecule has 82 valence electrons. The van der Waals surface area contributed by atoms with Crippen molar-refractivity contribution in [3.05, 3.63) is 0 Å². The summed E-state index contributed by atoms with van der Waals surface area (Å²) in [5.41, 5.74) is 0. The standard InChI is InChI=1S/C8H13F3N2O/c1-2-4-13(5-3-12)6-7(14)8(9,10)11/h7,14H,2,4-6H2,1H3. The van der Waals surface area contributed by atoms with Crippen LogP contribution in [0.1, 0.15) is 13.3 Å². The van der Waals surface area contributed by atoms with E-state index >= 15 is 0 Å². The summed E-state index contributed by atoms with van der Waals surface area (Å²) in [7, 11) is 0. The number of halogens is 3. The quantitative estimate of drug-likeness (QED) is 0.692. The SMILES string of the molecule is CCCN(CC#N)CC(O)C(F)(F)F. The van der Waals surface area contributed by atoms with Crippen molar-refractivity contribution in [1.82, 2.24) is 4.90 Å². The first-order chi connectivity index (χ1) is 6.41. The fourth-order valence-electron chi connectivity index (χ4n) is 0.999. The predicted octanol–water partition coefficient (Wildman–Crippen LogP) is 1.15. The molecule has 0 aromatic rings. The van der Waals surface area contributed by atoms with Crippen molar-refractivity contribution < 1.29 is 18.3 Å². The maximum absolute atomic E-state index is 11.9. The van der Waals surface area contributed by atoms with Crippen molar-refractivity contribution in [1.29, 1.82) is 5.26 Å². The molecule has 0 aromatic heterocycles. The highest BCUT2D eigenvalue weighted by Gasteiger charge is 2.38.